The van der Waals surface area contributed by atoms with Crippen LogP contribution in [0.1, 0.15) is 25.7 Å². The Morgan fingerprint density at radius 1 is 1.50 bits per heavy atom. The summed E-state index contributed by atoms with van der Waals surface area (Å²) in [7, 11) is 1.60. The van der Waals surface area contributed by atoms with Gasteiger partial charge >= 0.3 is 0 Å². The minimum Gasteiger partial charge on any atom is -0.495 e. The number of benzene rings is 1. The minimum atomic E-state index is 0.0493. The molecule has 1 amide bonds. The Morgan fingerprint density at radius 2 is 2.33 bits per heavy atom. The summed E-state index contributed by atoms with van der Waals surface area (Å²) < 4.78 is 5.20. The summed E-state index contributed by atoms with van der Waals surface area (Å²) in [4.78, 5) is 11.8. The molecule has 1 saturated heterocycles. The number of rotatable bonds is 5. The SMILES string of the molecule is COc1ccccc1NC(=O)CCC1CCCN1. The van der Waals surface area contributed by atoms with Crippen LogP contribution in [-0.4, -0.2) is 25.6 Å². The number of anilines is 1. The largest absolute Gasteiger partial charge is 0.495 e. The summed E-state index contributed by atoms with van der Waals surface area (Å²) in [6, 6.07) is 7.97. The maximum absolute atomic E-state index is 11.8. The van der Waals surface area contributed by atoms with Crippen molar-refractivity contribution in [1.29, 1.82) is 0 Å². The van der Waals surface area contributed by atoms with E-state index in [4.69, 9.17) is 4.74 Å². The van der Waals surface area contributed by atoms with Gasteiger partial charge in [-0.25, -0.2) is 0 Å². The molecule has 2 rings (SSSR count). The Hall–Kier alpha value is -1.55. The Kier molecular flexibility index (Phi) is 4.59. The molecule has 1 fully saturated rings. The van der Waals surface area contributed by atoms with Crippen molar-refractivity contribution in [3.63, 3.8) is 0 Å². The molecule has 1 aromatic rings. The fraction of sp³-hybridized carbons (Fsp3) is 0.500. The van der Waals surface area contributed by atoms with Gasteiger partial charge in [-0.1, -0.05) is 12.1 Å². The van der Waals surface area contributed by atoms with Crippen molar-refractivity contribution in [3.05, 3.63) is 24.3 Å². The zero-order valence-corrected chi connectivity index (χ0v) is 10.7. The molecule has 1 aromatic carbocycles. The van der Waals surface area contributed by atoms with Crippen LogP contribution in [0, 0.1) is 0 Å². The third kappa shape index (κ3) is 3.47. The molecule has 0 aliphatic carbocycles. The number of carbonyl (C=O) groups is 1. The van der Waals surface area contributed by atoms with E-state index in [0.29, 0.717) is 18.2 Å². The lowest BCUT2D eigenvalue weighted by Gasteiger charge is -2.12. The van der Waals surface area contributed by atoms with Crippen molar-refractivity contribution < 1.29 is 9.53 Å². The molecule has 0 radical (unpaired) electrons. The highest BCUT2D eigenvalue weighted by Gasteiger charge is 2.15. The molecule has 98 valence electrons. The molecule has 18 heavy (non-hydrogen) atoms. The van der Waals surface area contributed by atoms with Crippen molar-refractivity contribution in [2.24, 2.45) is 0 Å². The zero-order chi connectivity index (χ0) is 12.8. The fourth-order valence-corrected chi connectivity index (χ4v) is 2.27. The number of amides is 1. The van der Waals surface area contributed by atoms with Crippen LogP contribution in [0.4, 0.5) is 5.69 Å². The number of para-hydroxylation sites is 2. The quantitative estimate of drug-likeness (QED) is 0.839. The van der Waals surface area contributed by atoms with Crippen molar-refractivity contribution in [2.45, 2.75) is 31.7 Å². The smallest absolute Gasteiger partial charge is 0.224 e. The lowest BCUT2D eigenvalue weighted by Crippen LogP contribution is -2.23. The van der Waals surface area contributed by atoms with Crippen molar-refractivity contribution in [2.75, 3.05) is 19.0 Å². The third-order valence-corrected chi connectivity index (χ3v) is 3.26. The summed E-state index contributed by atoms with van der Waals surface area (Å²) in [6.07, 6.45) is 3.86. The van der Waals surface area contributed by atoms with Gasteiger partial charge in [0, 0.05) is 12.5 Å². The van der Waals surface area contributed by atoms with Gasteiger partial charge in [-0.3, -0.25) is 4.79 Å². The molecule has 0 spiro atoms. The first-order chi connectivity index (χ1) is 8.79. The Bertz CT molecular complexity index is 401. The topological polar surface area (TPSA) is 50.4 Å². The second kappa shape index (κ2) is 6.40. The van der Waals surface area contributed by atoms with E-state index in [-0.39, 0.29) is 5.91 Å². The van der Waals surface area contributed by atoms with E-state index in [2.05, 4.69) is 10.6 Å². The first kappa shape index (κ1) is 12.9. The summed E-state index contributed by atoms with van der Waals surface area (Å²) in [6.45, 7) is 1.08. The molecule has 1 unspecified atom stereocenters. The van der Waals surface area contributed by atoms with Crippen LogP contribution in [0.25, 0.3) is 0 Å². The van der Waals surface area contributed by atoms with Gasteiger partial charge in [0.15, 0.2) is 0 Å². The molecule has 0 aromatic heterocycles. The normalized spacial score (nSPS) is 18.6. The number of carbonyl (C=O) groups excluding carboxylic acids is 1. The number of ether oxygens (including phenoxy) is 1. The molecule has 1 aliphatic rings. The van der Waals surface area contributed by atoms with Crippen LogP contribution in [0.15, 0.2) is 24.3 Å². The van der Waals surface area contributed by atoms with Gasteiger partial charge in [-0.05, 0) is 37.9 Å². The van der Waals surface area contributed by atoms with Gasteiger partial charge in [0.2, 0.25) is 5.91 Å². The maximum atomic E-state index is 11.8. The van der Waals surface area contributed by atoms with Crippen molar-refractivity contribution >= 4 is 11.6 Å². The van der Waals surface area contributed by atoms with Crippen molar-refractivity contribution in [3.8, 4) is 5.75 Å². The molecule has 0 saturated carbocycles. The zero-order valence-electron chi connectivity index (χ0n) is 10.7. The molecule has 1 atom stereocenters. The van der Waals surface area contributed by atoms with E-state index < -0.39 is 0 Å². The molecular formula is C14H20N2O2. The number of nitrogens with one attached hydrogen (secondary N) is 2. The van der Waals surface area contributed by atoms with E-state index in [1.54, 1.807) is 7.11 Å². The predicted molar refractivity (Wildman–Crippen MR) is 71.9 cm³/mol. The number of hydrogen-bond acceptors (Lipinski definition) is 3. The fourth-order valence-electron chi connectivity index (χ4n) is 2.27. The van der Waals surface area contributed by atoms with E-state index in [1.165, 1.54) is 12.8 Å². The second-order valence-electron chi connectivity index (χ2n) is 4.58. The summed E-state index contributed by atoms with van der Waals surface area (Å²) in [5, 5.41) is 6.29. The van der Waals surface area contributed by atoms with E-state index in [0.717, 1.165) is 18.7 Å². The average Bonchev–Trinajstić information content (AvgIpc) is 2.90. The second-order valence-corrected chi connectivity index (χ2v) is 4.58. The average molecular weight is 248 g/mol. The van der Waals surface area contributed by atoms with Crippen LogP contribution in [0.5, 0.6) is 5.75 Å². The molecule has 0 bridgehead atoms. The van der Waals surface area contributed by atoms with Gasteiger partial charge in [-0.2, -0.15) is 0 Å². The van der Waals surface area contributed by atoms with E-state index in [1.807, 2.05) is 24.3 Å². The molecule has 2 N–H and O–H groups in total. The first-order valence-corrected chi connectivity index (χ1v) is 6.46. The number of hydrogen-bond donors (Lipinski definition) is 2. The lowest BCUT2D eigenvalue weighted by atomic mass is 10.1. The third-order valence-electron chi connectivity index (χ3n) is 3.26. The van der Waals surface area contributed by atoms with Gasteiger partial charge in [-0.15, -0.1) is 0 Å². The van der Waals surface area contributed by atoms with Crippen LogP contribution in [0.3, 0.4) is 0 Å². The predicted octanol–water partition coefficient (Wildman–Crippen LogP) is 2.17. The monoisotopic (exact) mass is 248 g/mol. The van der Waals surface area contributed by atoms with Gasteiger partial charge in [0.25, 0.3) is 0 Å². The summed E-state index contributed by atoms with van der Waals surface area (Å²) in [5.74, 6) is 0.748. The lowest BCUT2D eigenvalue weighted by molar-refractivity contribution is -0.116. The molecule has 1 aliphatic heterocycles. The van der Waals surface area contributed by atoms with E-state index >= 15 is 0 Å². The van der Waals surface area contributed by atoms with Crippen LogP contribution < -0.4 is 15.4 Å². The molecule has 1 heterocycles. The van der Waals surface area contributed by atoms with Crippen molar-refractivity contribution in [1.82, 2.24) is 5.32 Å². The summed E-state index contributed by atoms with van der Waals surface area (Å²) >= 11 is 0. The maximum Gasteiger partial charge on any atom is 0.224 e. The molecule has 4 heteroatoms. The van der Waals surface area contributed by atoms with Crippen LogP contribution in [-0.2, 0) is 4.79 Å². The number of methoxy groups -OCH3 is 1. The standard InChI is InChI=1S/C14H20N2O2/c1-18-13-7-3-2-6-12(13)16-14(17)9-8-11-5-4-10-15-11/h2-3,6-7,11,15H,4-5,8-10H2,1H3,(H,16,17). The molecule has 4 nitrogen and oxygen atoms in total. The van der Waals surface area contributed by atoms with Crippen LogP contribution in [0.2, 0.25) is 0 Å². The summed E-state index contributed by atoms with van der Waals surface area (Å²) in [5.41, 5.74) is 0.740. The Morgan fingerprint density at radius 3 is 3.06 bits per heavy atom. The first-order valence-electron chi connectivity index (χ1n) is 6.46. The van der Waals surface area contributed by atoms with Gasteiger partial charge in [0.1, 0.15) is 5.75 Å². The molecular weight excluding hydrogens is 228 g/mol. The Balaban J connectivity index is 1.82. The van der Waals surface area contributed by atoms with Gasteiger partial charge in [0.05, 0.1) is 12.8 Å². The van der Waals surface area contributed by atoms with E-state index in [9.17, 15) is 4.79 Å². The highest BCUT2D eigenvalue weighted by Crippen LogP contribution is 2.23. The highest BCUT2D eigenvalue weighted by atomic mass is 16.5. The van der Waals surface area contributed by atoms with Gasteiger partial charge < -0.3 is 15.4 Å². The van der Waals surface area contributed by atoms with Crippen LogP contribution >= 0.6 is 0 Å². The Labute approximate surface area is 108 Å². The highest BCUT2D eigenvalue weighted by molar-refractivity contribution is 5.92. The minimum absolute atomic E-state index is 0.0493.